The fourth-order valence-corrected chi connectivity index (χ4v) is 2.46. The van der Waals surface area contributed by atoms with Crippen molar-refractivity contribution in [2.75, 3.05) is 26.8 Å². The highest BCUT2D eigenvalue weighted by molar-refractivity contribution is 5.38. The highest BCUT2D eigenvalue weighted by Gasteiger charge is 2.18. The van der Waals surface area contributed by atoms with Crippen LogP contribution in [0.2, 0.25) is 0 Å². The lowest BCUT2D eigenvalue weighted by Crippen LogP contribution is -2.36. The van der Waals surface area contributed by atoms with Crippen molar-refractivity contribution >= 4 is 0 Å². The van der Waals surface area contributed by atoms with E-state index in [-0.39, 0.29) is 12.4 Å². The molecule has 1 aromatic rings. The summed E-state index contributed by atoms with van der Waals surface area (Å²) in [6, 6.07) is 5.65. The zero-order valence-corrected chi connectivity index (χ0v) is 11.9. The van der Waals surface area contributed by atoms with Gasteiger partial charge in [-0.15, -0.1) is 0 Å². The fraction of sp³-hybridized carbons (Fsp3) is 0.500. The number of nitrogens with two attached hydrogens (primary N) is 1. The van der Waals surface area contributed by atoms with Gasteiger partial charge in [0.2, 0.25) is 0 Å². The molecule has 2 rings (SSSR count). The molecular formula is C16H21FN2O. The predicted octanol–water partition coefficient (Wildman–Crippen LogP) is 1.75. The Morgan fingerprint density at radius 2 is 2.15 bits per heavy atom. The summed E-state index contributed by atoms with van der Waals surface area (Å²) in [4.78, 5) is 2.30. The van der Waals surface area contributed by atoms with Gasteiger partial charge >= 0.3 is 0 Å². The topological polar surface area (TPSA) is 38.5 Å². The Hall–Kier alpha value is -1.41. The van der Waals surface area contributed by atoms with Crippen molar-refractivity contribution < 1.29 is 9.13 Å². The van der Waals surface area contributed by atoms with Crippen molar-refractivity contribution in [3.63, 3.8) is 0 Å². The van der Waals surface area contributed by atoms with E-state index in [1.165, 1.54) is 6.07 Å². The normalized spacial score (nSPS) is 16.0. The summed E-state index contributed by atoms with van der Waals surface area (Å²) in [6.45, 7) is 2.69. The van der Waals surface area contributed by atoms with Crippen molar-refractivity contribution in [2.45, 2.75) is 25.4 Å². The van der Waals surface area contributed by atoms with Crippen LogP contribution >= 0.6 is 0 Å². The molecule has 1 saturated heterocycles. The predicted molar refractivity (Wildman–Crippen MR) is 77.6 cm³/mol. The maximum Gasteiger partial charge on any atom is 0.138 e. The van der Waals surface area contributed by atoms with Gasteiger partial charge in [0, 0.05) is 25.8 Å². The van der Waals surface area contributed by atoms with Gasteiger partial charge in [-0.25, -0.2) is 4.39 Å². The molecule has 0 radical (unpaired) electrons. The number of benzene rings is 1. The first kappa shape index (κ1) is 15.0. The van der Waals surface area contributed by atoms with E-state index in [1.54, 1.807) is 0 Å². The molecule has 0 unspecified atom stereocenters. The molecule has 1 heterocycles. The van der Waals surface area contributed by atoms with E-state index >= 15 is 0 Å². The molecule has 1 aliphatic rings. The minimum absolute atomic E-state index is 0.242. The van der Waals surface area contributed by atoms with Crippen LogP contribution in [-0.4, -0.2) is 37.7 Å². The second-order valence-corrected chi connectivity index (χ2v) is 5.08. The quantitative estimate of drug-likeness (QED) is 0.855. The summed E-state index contributed by atoms with van der Waals surface area (Å²) >= 11 is 0. The average Bonchev–Trinajstić information content (AvgIpc) is 2.48. The van der Waals surface area contributed by atoms with Gasteiger partial charge in [0.25, 0.3) is 0 Å². The van der Waals surface area contributed by atoms with Crippen LogP contribution in [0.25, 0.3) is 0 Å². The molecule has 3 nitrogen and oxygen atoms in total. The molecule has 0 spiro atoms. The van der Waals surface area contributed by atoms with E-state index in [9.17, 15) is 4.39 Å². The second kappa shape index (κ2) is 7.39. The van der Waals surface area contributed by atoms with Gasteiger partial charge in [0.05, 0.1) is 12.1 Å². The maximum absolute atomic E-state index is 13.6. The van der Waals surface area contributed by atoms with Crippen LogP contribution in [0.15, 0.2) is 18.2 Å². The molecule has 108 valence electrons. The molecule has 0 amide bonds. The lowest BCUT2D eigenvalue weighted by Gasteiger charge is -2.31. The molecule has 2 N–H and O–H groups in total. The van der Waals surface area contributed by atoms with E-state index in [1.807, 2.05) is 12.1 Å². The van der Waals surface area contributed by atoms with Crippen LogP contribution in [0, 0.1) is 17.7 Å². The van der Waals surface area contributed by atoms with Crippen LogP contribution in [0.5, 0.6) is 0 Å². The van der Waals surface area contributed by atoms with E-state index in [0.717, 1.165) is 38.2 Å². The van der Waals surface area contributed by atoms with Gasteiger partial charge in [-0.3, -0.25) is 4.90 Å². The highest BCUT2D eigenvalue weighted by Crippen LogP contribution is 2.17. The zero-order valence-electron chi connectivity index (χ0n) is 11.9. The van der Waals surface area contributed by atoms with Gasteiger partial charge in [-0.05, 0) is 37.6 Å². The molecule has 1 fully saturated rings. The van der Waals surface area contributed by atoms with Crippen molar-refractivity contribution in [1.82, 2.24) is 4.90 Å². The summed E-state index contributed by atoms with van der Waals surface area (Å²) in [6.07, 6.45) is 2.11. The van der Waals surface area contributed by atoms with Crippen LogP contribution in [0.3, 0.4) is 0 Å². The van der Waals surface area contributed by atoms with E-state index < -0.39 is 0 Å². The monoisotopic (exact) mass is 276 g/mol. The van der Waals surface area contributed by atoms with Gasteiger partial charge < -0.3 is 10.5 Å². The fourth-order valence-electron chi connectivity index (χ4n) is 2.46. The first-order chi connectivity index (χ1) is 9.70. The zero-order chi connectivity index (χ0) is 14.4. The SMILES string of the molecule is CN(Cc1ccc(F)c(C#CCN)c1)C1CCOCC1. The number of rotatable bonds is 3. The van der Waals surface area contributed by atoms with Crippen LogP contribution < -0.4 is 5.73 Å². The Morgan fingerprint density at radius 1 is 1.40 bits per heavy atom. The van der Waals surface area contributed by atoms with Gasteiger partial charge in [-0.1, -0.05) is 17.9 Å². The summed E-state index contributed by atoms with van der Waals surface area (Å²) in [7, 11) is 2.10. The molecular weight excluding hydrogens is 255 g/mol. The summed E-state index contributed by atoms with van der Waals surface area (Å²) < 4.78 is 19.0. The Balaban J connectivity index is 2.05. The third-order valence-corrected chi connectivity index (χ3v) is 3.60. The molecule has 20 heavy (non-hydrogen) atoms. The van der Waals surface area contributed by atoms with Gasteiger partial charge in [0.1, 0.15) is 5.82 Å². The Labute approximate surface area is 119 Å². The first-order valence-electron chi connectivity index (χ1n) is 6.96. The van der Waals surface area contributed by atoms with E-state index in [4.69, 9.17) is 10.5 Å². The molecule has 0 atom stereocenters. The summed E-state index contributed by atoms with van der Waals surface area (Å²) in [5.74, 6) is 5.19. The Bertz CT molecular complexity index is 501. The number of ether oxygens (including phenoxy) is 1. The first-order valence-corrected chi connectivity index (χ1v) is 6.96. The van der Waals surface area contributed by atoms with Crippen LogP contribution in [-0.2, 0) is 11.3 Å². The van der Waals surface area contributed by atoms with Gasteiger partial charge in [-0.2, -0.15) is 0 Å². The second-order valence-electron chi connectivity index (χ2n) is 5.08. The van der Waals surface area contributed by atoms with Gasteiger partial charge in [0.15, 0.2) is 0 Å². The number of hydrogen-bond acceptors (Lipinski definition) is 3. The van der Waals surface area contributed by atoms with Crippen molar-refractivity contribution in [3.05, 3.63) is 35.1 Å². The molecule has 1 aromatic carbocycles. The summed E-state index contributed by atoms with van der Waals surface area (Å²) in [5.41, 5.74) is 6.82. The molecule has 4 heteroatoms. The number of halogens is 1. The maximum atomic E-state index is 13.6. The molecule has 0 bridgehead atoms. The third kappa shape index (κ3) is 4.04. The van der Waals surface area contributed by atoms with Crippen molar-refractivity contribution in [2.24, 2.45) is 5.73 Å². The largest absolute Gasteiger partial charge is 0.381 e. The number of hydrogen-bond donors (Lipinski definition) is 1. The minimum atomic E-state index is -0.289. The Kier molecular flexibility index (Phi) is 5.54. The van der Waals surface area contributed by atoms with E-state index in [2.05, 4.69) is 23.8 Å². The molecule has 1 aliphatic heterocycles. The lowest BCUT2D eigenvalue weighted by molar-refractivity contribution is 0.0407. The molecule has 0 saturated carbocycles. The van der Waals surface area contributed by atoms with Crippen LogP contribution in [0.1, 0.15) is 24.0 Å². The lowest BCUT2D eigenvalue weighted by atomic mass is 10.1. The van der Waals surface area contributed by atoms with Crippen molar-refractivity contribution in [3.8, 4) is 11.8 Å². The summed E-state index contributed by atoms with van der Waals surface area (Å²) in [5, 5.41) is 0. The molecule has 0 aromatic heterocycles. The highest BCUT2D eigenvalue weighted by atomic mass is 19.1. The Morgan fingerprint density at radius 3 is 2.85 bits per heavy atom. The van der Waals surface area contributed by atoms with Crippen molar-refractivity contribution in [1.29, 1.82) is 0 Å². The van der Waals surface area contributed by atoms with Crippen LogP contribution in [0.4, 0.5) is 4.39 Å². The standard InChI is InChI=1S/C16H21FN2O/c1-19(15-6-9-20-10-7-15)12-13-4-5-16(17)14(11-13)3-2-8-18/h4-5,11,15H,6-10,12,18H2,1H3. The molecule has 0 aliphatic carbocycles. The smallest absolute Gasteiger partial charge is 0.138 e. The third-order valence-electron chi connectivity index (χ3n) is 3.60. The van der Waals surface area contributed by atoms with E-state index in [0.29, 0.717) is 11.6 Å². The minimum Gasteiger partial charge on any atom is -0.381 e. The number of nitrogens with zero attached hydrogens (tertiary/aromatic N) is 1. The average molecular weight is 276 g/mol.